The van der Waals surface area contributed by atoms with Gasteiger partial charge in [-0.3, -0.25) is 0 Å². The highest BCUT2D eigenvalue weighted by Crippen LogP contribution is 2.37. The summed E-state index contributed by atoms with van der Waals surface area (Å²) in [5.74, 6) is 0.153. The van der Waals surface area contributed by atoms with Crippen LogP contribution in [-0.4, -0.2) is 11.2 Å². The molecular formula is C24H20O. The number of aliphatic hydroxyl groups excluding tert-OH is 1. The maximum atomic E-state index is 10.9. The Morgan fingerprint density at radius 3 is 2.00 bits per heavy atom. The fourth-order valence-corrected chi connectivity index (χ4v) is 4.35. The van der Waals surface area contributed by atoms with E-state index >= 15 is 0 Å². The van der Waals surface area contributed by atoms with Gasteiger partial charge in [-0.25, -0.2) is 0 Å². The van der Waals surface area contributed by atoms with Gasteiger partial charge in [-0.1, -0.05) is 78.9 Å². The normalized spacial score (nSPS) is 19.9. The average Bonchev–Trinajstić information content (AvgIpc) is 2.65. The highest BCUT2D eigenvalue weighted by molar-refractivity contribution is 5.87. The molecule has 0 aliphatic heterocycles. The second kappa shape index (κ2) is 5.72. The van der Waals surface area contributed by atoms with Gasteiger partial charge in [0.1, 0.15) is 0 Å². The molecule has 122 valence electrons. The number of fused-ring (bicyclic) bond motifs is 3. The zero-order valence-corrected chi connectivity index (χ0v) is 14.0. The van der Waals surface area contributed by atoms with Crippen molar-refractivity contribution in [3.63, 3.8) is 0 Å². The quantitative estimate of drug-likeness (QED) is 0.508. The first-order chi connectivity index (χ1) is 12.3. The fourth-order valence-electron chi connectivity index (χ4n) is 4.35. The van der Waals surface area contributed by atoms with Gasteiger partial charge in [0.2, 0.25) is 0 Å². The first kappa shape index (κ1) is 14.7. The van der Waals surface area contributed by atoms with Crippen LogP contribution in [0.4, 0.5) is 0 Å². The fraction of sp³-hybridized carbons (Fsp3) is 0.167. The van der Waals surface area contributed by atoms with E-state index < -0.39 is 0 Å². The van der Waals surface area contributed by atoms with E-state index in [0.717, 1.165) is 12.8 Å². The smallest absolute Gasteiger partial charge is 0.0652 e. The molecule has 0 unspecified atom stereocenters. The molecule has 0 spiro atoms. The summed E-state index contributed by atoms with van der Waals surface area (Å²) in [5, 5.41) is 16.0. The first-order valence-corrected chi connectivity index (χ1v) is 8.96. The number of rotatable bonds is 1. The van der Waals surface area contributed by atoms with Crippen molar-refractivity contribution in [1.82, 2.24) is 0 Å². The third-order valence-electron chi connectivity index (χ3n) is 5.62. The average molecular weight is 324 g/mol. The molecule has 4 aromatic carbocycles. The molecule has 0 fully saturated rings. The molecule has 2 atom stereocenters. The lowest BCUT2D eigenvalue weighted by molar-refractivity contribution is 0.136. The number of hydrogen-bond acceptors (Lipinski definition) is 1. The van der Waals surface area contributed by atoms with Crippen LogP contribution in [0.15, 0.2) is 78.9 Å². The summed E-state index contributed by atoms with van der Waals surface area (Å²) in [4.78, 5) is 0. The topological polar surface area (TPSA) is 20.2 Å². The number of aliphatic hydroxyl groups is 1. The summed E-state index contributed by atoms with van der Waals surface area (Å²) in [5.41, 5.74) is 3.94. The summed E-state index contributed by atoms with van der Waals surface area (Å²) in [6.07, 6.45) is 1.29. The minimum Gasteiger partial charge on any atom is -0.392 e. The molecular weight excluding hydrogens is 304 g/mol. The van der Waals surface area contributed by atoms with Crippen molar-refractivity contribution in [2.24, 2.45) is 0 Å². The highest BCUT2D eigenvalue weighted by atomic mass is 16.3. The van der Waals surface area contributed by atoms with Crippen LogP contribution in [0.25, 0.3) is 21.5 Å². The van der Waals surface area contributed by atoms with E-state index in [1.54, 1.807) is 0 Å². The third kappa shape index (κ3) is 2.43. The molecule has 1 nitrogen and oxygen atoms in total. The van der Waals surface area contributed by atoms with E-state index in [9.17, 15) is 5.11 Å². The summed E-state index contributed by atoms with van der Waals surface area (Å²) < 4.78 is 0. The Labute approximate surface area is 147 Å². The zero-order chi connectivity index (χ0) is 16.8. The monoisotopic (exact) mass is 324 g/mol. The predicted octanol–water partition coefficient (Wildman–Crippen LogP) is 5.24. The lowest BCUT2D eigenvalue weighted by atomic mass is 9.76. The van der Waals surface area contributed by atoms with Crippen LogP contribution in [0.5, 0.6) is 0 Å². The second-order valence-corrected chi connectivity index (χ2v) is 7.12. The standard InChI is InChI=1S/C24H20O/c25-24-15-20-13-18-8-2-1-7-17(18)12-19(20)14-23(24)22-11-5-9-16-6-3-4-10-21(16)22/h1-13,23-25H,14-15H2/t23-,24+/m0/s1. The first-order valence-electron chi connectivity index (χ1n) is 8.96. The summed E-state index contributed by atoms with van der Waals surface area (Å²) in [6, 6.07) is 28.0. The van der Waals surface area contributed by atoms with Gasteiger partial charge in [-0.15, -0.1) is 0 Å². The Bertz CT molecular complexity index is 1070. The minimum atomic E-state index is -0.334. The molecule has 1 aliphatic carbocycles. The molecule has 0 heterocycles. The third-order valence-corrected chi connectivity index (χ3v) is 5.62. The maximum absolute atomic E-state index is 10.9. The molecule has 0 saturated heterocycles. The molecule has 0 saturated carbocycles. The second-order valence-electron chi connectivity index (χ2n) is 7.12. The molecule has 1 aliphatic rings. The summed E-state index contributed by atoms with van der Waals surface area (Å²) in [6.45, 7) is 0. The van der Waals surface area contributed by atoms with Crippen LogP contribution in [-0.2, 0) is 12.8 Å². The lowest BCUT2D eigenvalue weighted by Gasteiger charge is -2.31. The van der Waals surface area contributed by atoms with E-state index in [2.05, 4.69) is 78.9 Å². The minimum absolute atomic E-state index is 0.153. The molecule has 25 heavy (non-hydrogen) atoms. The van der Waals surface area contributed by atoms with E-state index in [4.69, 9.17) is 0 Å². The Hall–Kier alpha value is -2.64. The summed E-state index contributed by atoms with van der Waals surface area (Å²) in [7, 11) is 0. The van der Waals surface area contributed by atoms with E-state index in [0.29, 0.717) is 0 Å². The number of hydrogen-bond donors (Lipinski definition) is 1. The van der Waals surface area contributed by atoms with Crippen molar-refractivity contribution in [3.8, 4) is 0 Å². The number of benzene rings is 4. The van der Waals surface area contributed by atoms with Crippen molar-refractivity contribution >= 4 is 21.5 Å². The van der Waals surface area contributed by atoms with Gasteiger partial charge in [0, 0.05) is 5.92 Å². The molecule has 0 bridgehead atoms. The zero-order valence-electron chi connectivity index (χ0n) is 14.0. The van der Waals surface area contributed by atoms with Crippen molar-refractivity contribution in [3.05, 3.63) is 95.6 Å². The Morgan fingerprint density at radius 2 is 1.24 bits per heavy atom. The van der Waals surface area contributed by atoms with Gasteiger partial charge in [-0.2, -0.15) is 0 Å². The Morgan fingerprint density at radius 1 is 0.640 bits per heavy atom. The van der Waals surface area contributed by atoms with Crippen LogP contribution < -0.4 is 0 Å². The molecule has 1 N–H and O–H groups in total. The van der Waals surface area contributed by atoms with Crippen LogP contribution in [0.2, 0.25) is 0 Å². The van der Waals surface area contributed by atoms with Gasteiger partial charge >= 0.3 is 0 Å². The van der Waals surface area contributed by atoms with Gasteiger partial charge in [0.25, 0.3) is 0 Å². The van der Waals surface area contributed by atoms with Crippen molar-refractivity contribution in [2.45, 2.75) is 24.9 Å². The van der Waals surface area contributed by atoms with Crippen molar-refractivity contribution in [2.75, 3.05) is 0 Å². The molecule has 0 amide bonds. The van der Waals surface area contributed by atoms with Crippen LogP contribution in [0.1, 0.15) is 22.6 Å². The molecule has 0 aromatic heterocycles. The Balaban J connectivity index is 1.63. The van der Waals surface area contributed by atoms with E-state index in [1.807, 2.05) is 0 Å². The molecule has 4 aromatic rings. The molecule has 1 heteroatoms. The van der Waals surface area contributed by atoms with Crippen LogP contribution >= 0.6 is 0 Å². The van der Waals surface area contributed by atoms with Crippen molar-refractivity contribution in [1.29, 1.82) is 0 Å². The van der Waals surface area contributed by atoms with Crippen LogP contribution in [0.3, 0.4) is 0 Å². The van der Waals surface area contributed by atoms with Crippen molar-refractivity contribution < 1.29 is 5.11 Å². The largest absolute Gasteiger partial charge is 0.392 e. The van der Waals surface area contributed by atoms with Crippen LogP contribution in [0, 0.1) is 0 Å². The molecule has 0 radical (unpaired) electrons. The predicted molar refractivity (Wildman–Crippen MR) is 104 cm³/mol. The summed E-state index contributed by atoms with van der Waals surface area (Å²) >= 11 is 0. The van der Waals surface area contributed by atoms with Gasteiger partial charge in [0.15, 0.2) is 0 Å². The Kier molecular flexibility index (Phi) is 3.36. The van der Waals surface area contributed by atoms with E-state index in [-0.39, 0.29) is 12.0 Å². The molecule has 5 rings (SSSR count). The highest BCUT2D eigenvalue weighted by Gasteiger charge is 2.29. The SMILES string of the molecule is O[C@@H]1Cc2cc3ccccc3cc2C[C@H]1c1cccc2ccccc12. The van der Waals surface area contributed by atoms with Gasteiger partial charge in [-0.05, 0) is 51.1 Å². The van der Waals surface area contributed by atoms with E-state index in [1.165, 1.54) is 38.2 Å². The van der Waals surface area contributed by atoms with Gasteiger partial charge < -0.3 is 5.11 Å². The maximum Gasteiger partial charge on any atom is 0.0652 e. The lowest BCUT2D eigenvalue weighted by Crippen LogP contribution is -2.28. The van der Waals surface area contributed by atoms with Gasteiger partial charge in [0.05, 0.1) is 6.10 Å².